The number of nitrogens with one attached hydrogen (secondary N) is 2. The van der Waals surface area contributed by atoms with Gasteiger partial charge in [-0.1, -0.05) is 18.2 Å². The number of hydrogen-bond acceptors (Lipinski definition) is 4. The summed E-state index contributed by atoms with van der Waals surface area (Å²) in [6.07, 6.45) is 1.19. The predicted octanol–water partition coefficient (Wildman–Crippen LogP) is 2.51. The van der Waals surface area contributed by atoms with Gasteiger partial charge < -0.3 is 10.6 Å². The van der Waals surface area contributed by atoms with E-state index in [2.05, 4.69) is 10.6 Å². The van der Waals surface area contributed by atoms with E-state index in [4.69, 9.17) is 0 Å². The third-order valence-electron chi connectivity index (χ3n) is 3.99. The maximum Gasteiger partial charge on any atom is 0.251 e. The molecule has 0 saturated carbocycles. The monoisotopic (exact) mass is 330 g/mol. The topological polar surface area (TPSA) is 75.3 Å². The summed E-state index contributed by atoms with van der Waals surface area (Å²) in [5, 5.41) is 6.13. The van der Waals surface area contributed by atoms with E-state index in [0.717, 1.165) is 16.8 Å². The minimum Gasteiger partial charge on any atom is -0.379 e. The molecule has 0 radical (unpaired) electrons. The van der Waals surface area contributed by atoms with Gasteiger partial charge >= 0.3 is 0 Å². The van der Waals surface area contributed by atoms with Crippen LogP contribution in [0.1, 0.15) is 34.5 Å². The summed E-state index contributed by atoms with van der Waals surface area (Å²) in [5.74, 6) is -0.0474. The normalized spacial score (nSPS) is 15.0. The van der Waals surface area contributed by atoms with E-state index in [-0.39, 0.29) is 11.9 Å². The third-order valence-corrected chi connectivity index (χ3v) is 5.11. The van der Waals surface area contributed by atoms with Gasteiger partial charge in [0.05, 0.1) is 4.90 Å². The van der Waals surface area contributed by atoms with Crippen molar-refractivity contribution < 1.29 is 13.2 Å². The molecule has 1 amide bonds. The van der Waals surface area contributed by atoms with Gasteiger partial charge in [-0.05, 0) is 42.3 Å². The van der Waals surface area contributed by atoms with Crippen LogP contribution in [0.15, 0.2) is 47.4 Å². The van der Waals surface area contributed by atoms with Crippen molar-refractivity contribution in [2.24, 2.45) is 0 Å². The first-order valence-corrected chi connectivity index (χ1v) is 9.21. The van der Waals surface area contributed by atoms with Gasteiger partial charge in [-0.25, -0.2) is 8.42 Å². The Bertz CT molecular complexity index is 858. The van der Waals surface area contributed by atoms with E-state index in [0.29, 0.717) is 17.0 Å². The summed E-state index contributed by atoms with van der Waals surface area (Å²) in [5.41, 5.74) is 3.54. The summed E-state index contributed by atoms with van der Waals surface area (Å²) < 4.78 is 23.0. The molecule has 0 spiro atoms. The zero-order valence-corrected chi connectivity index (χ0v) is 13.8. The molecular formula is C17H18N2O3S. The first-order chi connectivity index (χ1) is 10.8. The van der Waals surface area contributed by atoms with E-state index in [1.54, 1.807) is 24.3 Å². The van der Waals surface area contributed by atoms with Crippen LogP contribution in [0.2, 0.25) is 0 Å². The van der Waals surface area contributed by atoms with Gasteiger partial charge in [-0.2, -0.15) is 0 Å². The molecule has 120 valence electrons. The standard InChI is InChI=1S/C17H18N2O3S/c1-11(12-4-7-15(8-5-12)23(2,21)22)19-14-6-3-13-10-18-17(20)16(13)9-14/h3-9,11,19H,10H2,1-2H3,(H,18,20). The molecule has 2 N–H and O–H groups in total. The predicted molar refractivity (Wildman–Crippen MR) is 89.2 cm³/mol. The molecule has 0 aromatic heterocycles. The highest BCUT2D eigenvalue weighted by Gasteiger charge is 2.19. The molecule has 2 aromatic rings. The SMILES string of the molecule is CC(Nc1ccc2c(c1)C(=O)NC2)c1ccc(S(C)(=O)=O)cc1. The molecule has 1 heterocycles. The van der Waals surface area contributed by atoms with Crippen LogP contribution < -0.4 is 10.6 Å². The molecule has 2 aromatic carbocycles. The Balaban J connectivity index is 1.78. The lowest BCUT2D eigenvalue weighted by molar-refractivity contribution is 0.0966. The summed E-state index contributed by atoms with van der Waals surface area (Å²) >= 11 is 0. The van der Waals surface area contributed by atoms with Crippen molar-refractivity contribution in [3.8, 4) is 0 Å². The molecule has 6 heteroatoms. The van der Waals surface area contributed by atoms with Crippen molar-refractivity contribution in [3.63, 3.8) is 0 Å². The van der Waals surface area contributed by atoms with Gasteiger partial charge in [-0.15, -0.1) is 0 Å². The maximum absolute atomic E-state index is 11.7. The molecule has 0 bridgehead atoms. The maximum atomic E-state index is 11.7. The van der Waals surface area contributed by atoms with Crippen LogP contribution in [0, 0.1) is 0 Å². The Morgan fingerprint density at radius 1 is 1.13 bits per heavy atom. The van der Waals surface area contributed by atoms with Gasteiger partial charge in [0.1, 0.15) is 0 Å². The Labute approximate surface area is 135 Å². The lowest BCUT2D eigenvalue weighted by Crippen LogP contribution is -2.12. The fourth-order valence-electron chi connectivity index (χ4n) is 2.64. The van der Waals surface area contributed by atoms with Crippen LogP contribution in [-0.2, 0) is 16.4 Å². The average molecular weight is 330 g/mol. The minimum absolute atomic E-state index is 0.00822. The highest BCUT2D eigenvalue weighted by Crippen LogP contribution is 2.24. The van der Waals surface area contributed by atoms with Crippen molar-refractivity contribution in [2.45, 2.75) is 24.4 Å². The summed E-state index contributed by atoms with van der Waals surface area (Å²) in [6, 6.07) is 12.5. The van der Waals surface area contributed by atoms with Gasteiger partial charge in [0.25, 0.3) is 5.91 Å². The van der Waals surface area contributed by atoms with Crippen LogP contribution in [0.25, 0.3) is 0 Å². The summed E-state index contributed by atoms with van der Waals surface area (Å²) in [4.78, 5) is 12.0. The third kappa shape index (κ3) is 3.22. The zero-order valence-electron chi connectivity index (χ0n) is 13.0. The summed E-state index contributed by atoms with van der Waals surface area (Å²) in [6.45, 7) is 2.57. The Morgan fingerprint density at radius 2 is 1.83 bits per heavy atom. The number of sulfone groups is 1. The molecule has 0 saturated heterocycles. The van der Waals surface area contributed by atoms with Gasteiger partial charge in [0.2, 0.25) is 0 Å². The molecule has 1 atom stereocenters. The van der Waals surface area contributed by atoms with Crippen LogP contribution in [0.3, 0.4) is 0 Å². The molecular weight excluding hydrogens is 312 g/mol. The van der Waals surface area contributed by atoms with Crippen molar-refractivity contribution in [3.05, 3.63) is 59.2 Å². The number of amides is 1. The Morgan fingerprint density at radius 3 is 2.48 bits per heavy atom. The second kappa shape index (κ2) is 5.70. The van der Waals surface area contributed by atoms with Gasteiger partial charge in [0, 0.05) is 30.1 Å². The second-order valence-corrected chi connectivity index (χ2v) is 7.78. The van der Waals surface area contributed by atoms with Crippen LogP contribution in [-0.4, -0.2) is 20.6 Å². The van der Waals surface area contributed by atoms with E-state index in [1.165, 1.54) is 6.26 Å². The van der Waals surface area contributed by atoms with Crippen LogP contribution >= 0.6 is 0 Å². The van der Waals surface area contributed by atoms with Gasteiger partial charge in [0.15, 0.2) is 9.84 Å². The first kappa shape index (κ1) is 15.6. The smallest absolute Gasteiger partial charge is 0.251 e. The quantitative estimate of drug-likeness (QED) is 0.903. The molecule has 1 aliphatic rings. The Hall–Kier alpha value is -2.34. The Kier molecular flexibility index (Phi) is 3.85. The van der Waals surface area contributed by atoms with Crippen molar-refractivity contribution in [2.75, 3.05) is 11.6 Å². The average Bonchev–Trinajstić information content (AvgIpc) is 2.88. The van der Waals surface area contributed by atoms with Gasteiger partial charge in [-0.3, -0.25) is 4.79 Å². The number of hydrogen-bond donors (Lipinski definition) is 2. The minimum atomic E-state index is -3.18. The molecule has 1 aliphatic heterocycles. The molecule has 0 aliphatic carbocycles. The number of carbonyl (C=O) groups is 1. The molecule has 5 nitrogen and oxygen atoms in total. The van der Waals surface area contributed by atoms with E-state index < -0.39 is 9.84 Å². The highest BCUT2D eigenvalue weighted by atomic mass is 32.2. The number of benzene rings is 2. The number of rotatable bonds is 4. The molecule has 23 heavy (non-hydrogen) atoms. The molecule has 3 rings (SSSR count). The molecule has 1 unspecified atom stereocenters. The van der Waals surface area contributed by atoms with E-state index in [1.807, 2.05) is 25.1 Å². The number of anilines is 1. The molecule has 0 fully saturated rings. The number of carbonyl (C=O) groups excluding carboxylic acids is 1. The van der Waals surface area contributed by atoms with Crippen molar-refractivity contribution in [1.29, 1.82) is 0 Å². The lowest BCUT2D eigenvalue weighted by Gasteiger charge is -2.16. The first-order valence-electron chi connectivity index (χ1n) is 7.32. The zero-order chi connectivity index (χ0) is 16.6. The van der Waals surface area contributed by atoms with E-state index >= 15 is 0 Å². The van der Waals surface area contributed by atoms with Crippen molar-refractivity contribution in [1.82, 2.24) is 5.32 Å². The van der Waals surface area contributed by atoms with E-state index in [9.17, 15) is 13.2 Å². The fraction of sp³-hybridized carbons (Fsp3) is 0.235. The van der Waals surface area contributed by atoms with Crippen LogP contribution in [0.4, 0.5) is 5.69 Å². The van der Waals surface area contributed by atoms with Crippen LogP contribution in [0.5, 0.6) is 0 Å². The lowest BCUT2D eigenvalue weighted by atomic mass is 10.1. The number of fused-ring (bicyclic) bond motifs is 1. The largest absolute Gasteiger partial charge is 0.379 e. The second-order valence-electron chi connectivity index (χ2n) is 5.76. The summed E-state index contributed by atoms with van der Waals surface area (Å²) in [7, 11) is -3.18. The highest BCUT2D eigenvalue weighted by molar-refractivity contribution is 7.90. The fourth-order valence-corrected chi connectivity index (χ4v) is 3.27. The van der Waals surface area contributed by atoms with Crippen molar-refractivity contribution >= 4 is 21.4 Å².